The number of nitrogens with zero attached hydrogens (tertiary/aromatic N) is 1. The van der Waals surface area contributed by atoms with Gasteiger partial charge in [-0.2, -0.15) is 0 Å². The summed E-state index contributed by atoms with van der Waals surface area (Å²) < 4.78 is 5.09. The predicted octanol–water partition coefficient (Wildman–Crippen LogP) is 0.537. The average Bonchev–Trinajstić information content (AvgIpc) is 2.91. The average molecular weight is 322 g/mol. The quantitative estimate of drug-likeness (QED) is 0.716. The van der Waals surface area contributed by atoms with Gasteiger partial charge < -0.3 is 20.7 Å². The predicted molar refractivity (Wildman–Crippen MR) is 84.3 cm³/mol. The first kappa shape index (κ1) is 20.1. The lowest BCUT2D eigenvalue weighted by molar-refractivity contribution is -0.139. The molecule has 1 unspecified atom stereocenters. The molecule has 124 valence electrons. The summed E-state index contributed by atoms with van der Waals surface area (Å²) in [5.41, 5.74) is 5.07. The second-order valence-corrected chi connectivity index (χ2v) is 5.76. The molecule has 21 heavy (non-hydrogen) atoms. The molecule has 3 N–H and O–H groups in total. The Kier molecular flexibility index (Phi) is 8.85. The Morgan fingerprint density at radius 2 is 1.90 bits per heavy atom. The molecule has 1 fully saturated rings. The van der Waals surface area contributed by atoms with Crippen LogP contribution in [-0.4, -0.2) is 57.1 Å². The zero-order valence-corrected chi connectivity index (χ0v) is 14.0. The highest BCUT2D eigenvalue weighted by Crippen LogP contribution is 2.38. The lowest BCUT2D eigenvalue weighted by atomic mass is 9.84. The van der Waals surface area contributed by atoms with Gasteiger partial charge in [-0.25, -0.2) is 0 Å². The van der Waals surface area contributed by atoms with Crippen molar-refractivity contribution in [2.45, 2.75) is 38.2 Å². The SMILES string of the molecule is COC(CN)CC(=O)NCC1(C(=O)N(C)C)CCCC1.Cl. The molecule has 0 aliphatic heterocycles. The van der Waals surface area contributed by atoms with Crippen LogP contribution in [0.3, 0.4) is 0 Å². The lowest BCUT2D eigenvalue weighted by Crippen LogP contribution is -2.47. The van der Waals surface area contributed by atoms with Gasteiger partial charge in [0.05, 0.1) is 17.9 Å². The number of amides is 2. The summed E-state index contributed by atoms with van der Waals surface area (Å²) in [6.07, 6.45) is 3.74. The molecule has 0 bridgehead atoms. The van der Waals surface area contributed by atoms with Crippen LogP contribution >= 0.6 is 12.4 Å². The van der Waals surface area contributed by atoms with Crippen LogP contribution in [0.25, 0.3) is 0 Å². The van der Waals surface area contributed by atoms with Crippen molar-refractivity contribution in [2.24, 2.45) is 11.1 Å². The molecule has 0 aromatic carbocycles. The summed E-state index contributed by atoms with van der Waals surface area (Å²) in [4.78, 5) is 25.9. The molecule has 0 saturated heterocycles. The van der Waals surface area contributed by atoms with Crippen LogP contribution in [0.1, 0.15) is 32.1 Å². The minimum atomic E-state index is -0.426. The van der Waals surface area contributed by atoms with Crippen LogP contribution < -0.4 is 11.1 Å². The van der Waals surface area contributed by atoms with Crippen molar-refractivity contribution < 1.29 is 14.3 Å². The monoisotopic (exact) mass is 321 g/mol. The van der Waals surface area contributed by atoms with E-state index in [9.17, 15) is 9.59 Å². The first-order valence-electron chi connectivity index (χ1n) is 7.16. The molecule has 1 rings (SSSR count). The van der Waals surface area contributed by atoms with Gasteiger partial charge in [0.2, 0.25) is 11.8 Å². The molecule has 1 saturated carbocycles. The van der Waals surface area contributed by atoms with Gasteiger partial charge in [-0.15, -0.1) is 12.4 Å². The molecule has 7 heteroatoms. The third-order valence-corrected chi connectivity index (χ3v) is 4.05. The smallest absolute Gasteiger partial charge is 0.230 e. The first-order valence-corrected chi connectivity index (χ1v) is 7.16. The maximum Gasteiger partial charge on any atom is 0.230 e. The molecule has 6 nitrogen and oxygen atoms in total. The number of methoxy groups -OCH3 is 1. The number of hydrogen-bond donors (Lipinski definition) is 2. The number of halogens is 1. The van der Waals surface area contributed by atoms with Crippen LogP contribution in [0.15, 0.2) is 0 Å². The van der Waals surface area contributed by atoms with Crippen molar-refractivity contribution in [2.75, 3.05) is 34.3 Å². The number of hydrogen-bond acceptors (Lipinski definition) is 4. The maximum absolute atomic E-state index is 12.3. The highest BCUT2D eigenvalue weighted by atomic mass is 35.5. The molecule has 1 atom stereocenters. The van der Waals surface area contributed by atoms with E-state index in [1.807, 2.05) is 0 Å². The van der Waals surface area contributed by atoms with E-state index in [1.165, 1.54) is 0 Å². The molecule has 0 aromatic rings. The lowest BCUT2D eigenvalue weighted by Gasteiger charge is -2.31. The van der Waals surface area contributed by atoms with Crippen molar-refractivity contribution in [1.82, 2.24) is 10.2 Å². The molecule has 0 heterocycles. The fourth-order valence-electron chi connectivity index (χ4n) is 2.80. The van der Waals surface area contributed by atoms with Crippen LogP contribution in [-0.2, 0) is 14.3 Å². The highest BCUT2D eigenvalue weighted by Gasteiger charge is 2.42. The third kappa shape index (κ3) is 5.45. The van der Waals surface area contributed by atoms with Crippen LogP contribution in [0.4, 0.5) is 0 Å². The van der Waals surface area contributed by atoms with Gasteiger partial charge in [0.1, 0.15) is 0 Å². The van der Waals surface area contributed by atoms with E-state index in [-0.39, 0.29) is 36.7 Å². The minimum absolute atomic E-state index is 0. The van der Waals surface area contributed by atoms with Gasteiger partial charge in [-0.05, 0) is 12.8 Å². The summed E-state index contributed by atoms with van der Waals surface area (Å²) in [6, 6.07) is 0. The molecule has 0 radical (unpaired) electrons. The van der Waals surface area contributed by atoms with Gasteiger partial charge in [-0.1, -0.05) is 12.8 Å². The van der Waals surface area contributed by atoms with Crippen molar-refractivity contribution in [1.29, 1.82) is 0 Å². The van der Waals surface area contributed by atoms with E-state index < -0.39 is 5.41 Å². The van der Waals surface area contributed by atoms with Gasteiger partial charge in [0.15, 0.2) is 0 Å². The van der Waals surface area contributed by atoms with E-state index >= 15 is 0 Å². The number of rotatable bonds is 7. The van der Waals surface area contributed by atoms with Gasteiger partial charge in [0, 0.05) is 34.3 Å². The molecule has 0 spiro atoms. The fourth-order valence-corrected chi connectivity index (χ4v) is 2.80. The van der Waals surface area contributed by atoms with E-state index in [4.69, 9.17) is 10.5 Å². The van der Waals surface area contributed by atoms with Gasteiger partial charge in [-0.3, -0.25) is 9.59 Å². The van der Waals surface area contributed by atoms with Crippen molar-refractivity contribution in [3.05, 3.63) is 0 Å². The normalized spacial score (nSPS) is 17.7. The van der Waals surface area contributed by atoms with Crippen LogP contribution in [0, 0.1) is 5.41 Å². The maximum atomic E-state index is 12.3. The number of nitrogens with two attached hydrogens (primary N) is 1. The molecule has 0 aromatic heterocycles. The zero-order valence-electron chi connectivity index (χ0n) is 13.2. The van der Waals surface area contributed by atoms with E-state index in [0.717, 1.165) is 25.7 Å². The van der Waals surface area contributed by atoms with Gasteiger partial charge in [0.25, 0.3) is 0 Å². The Balaban J connectivity index is 0.00000400. The van der Waals surface area contributed by atoms with Crippen molar-refractivity contribution >= 4 is 24.2 Å². The van der Waals surface area contributed by atoms with Gasteiger partial charge >= 0.3 is 0 Å². The fraction of sp³-hybridized carbons (Fsp3) is 0.857. The van der Waals surface area contributed by atoms with Crippen molar-refractivity contribution in [3.63, 3.8) is 0 Å². The molecular formula is C14H28ClN3O3. The molecule has 1 aliphatic carbocycles. The largest absolute Gasteiger partial charge is 0.380 e. The Morgan fingerprint density at radius 1 is 1.33 bits per heavy atom. The second kappa shape index (κ2) is 9.23. The number of nitrogens with one attached hydrogen (secondary N) is 1. The van der Waals surface area contributed by atoms with E-state index in [2.05, 4.69) is 5.32 Å². The summed E-state index contributed by atoms with van der Waals surface area (Å²) in [5, 5.41) is 2.88. The number of carbonyl (C=O) groups is 2. The van der Waals surface area contributed by atoms with Crippen LogP contribution in [0.5, 0.6) is 0 Å². The minimum Gasteiger partial charge on any atom is -0.380 e. The number of ether oxygens (including phenoxy) is 1. The third-order valence-electron chi connectivity index (χ3n) is 4.05. The van der Waals surface area contributed by atoms with E-state index in [0.29, 0.717) is 13.1 Å². The Bertz CT molecular complexity index is 340. The van der Waals surface area contributed by atoms with E-state index in [1.54, 1.807) is 26.1 Å². The Hall–Kier alpha value is -0.850. The topological polar surface area (TPSA) is 84.7 Å². The summed E-state index contributed by atoms with van der Waals surface area (Å²) in [5.74, 6) is -0.00227. The molecule has 1 aliphatic rings. The first-order chi connectivity index (χ1) is 9.45. The Morgan fingerprint density at radius 3 is 2.33 bits per heavy atom. The number of carbonyl (C=O) groups excluding carboxylic acids is 2. The molecule has 2 amide bonds. The molecular weight excluding hydrogens is 294 g/mol. The zero-order chi connectivity index (χ0) is 15.2. The second-order valence-electron chi connectivity index (χ2n) is 5.76. The van der Waals surface area contributed by atoms with Crippen LogP contribution in [0.2, 0.25) is 0 Å². The summed E-state index contributed by atoms with van der Waals surface area (Å²) in [6.45, 7) is 0.718. The Labute approximate surface area is 133 Å². The summed E-state index contributed by atoms with van der Waals surface area (Å²) in [7, 11) is 5.07. The standard InChI is InChI=1S/C14H27N3O3.ClH/c1-17(2)13(19)14(6-4-5-7-14)10-16-12(18)8-11(9-15)20-3;/h11H,4-10,15H2,1-3H3,(H,16,18);1H. The highest BCUT2D eigenvalue weighted by molar-refractivity contribution is 5.85. The van der Waals surface area contributed by atoms with Crippen molar-refractivity contribution in [3.8, 4) is 0 Å². The summed E-state index contributed by atoms with van der Waals surface area (Å²) >= 11 is 0.